The molecule has 0 amide bonds. The molecule has 2 saturated heterocycles. The summed E-state index contributed by atoms with van der Waals surface area (Å²) in [5.41, 5.74) is 1.94. The fourth-order valence-electron chi connectivity index (χ4n) is 12.8. The number of ether oxygens (including phenoxy) is 2. The molecule has 12 rings (SSSR count). The first-order valence-electron chi connectivity index (χ1n) is 21.8. The van der Waals surface area contributed by atoms with Gasteiger partial charge in [0.1, 0.15) is 26.2 Å². The minimum absolute atomic E-state index is 0.121. The average molecular weight is 865 g/mol. The predicted molar refractivity (Wildman–Crippen MR) is 238 cm³/mol. The molecule has 320 valence electrons. The van der Waals surface area contributed by atoms with Crippen LogP contribution in [0.3, 0.4) is 0 Å². The Balaban J connectivity index is 1.43. The van der Waals surface area contributed by atoms with E-state index in [0.717, 1.165) is 11.1 Å². The van der Waals surface area contributed by atoms with Gasteiger partial charge in [0.15, 0.2) is 11.1 Å². The van der Waals surface area contributed by atoms with Gasteiger partial charge in [0.25, 0.3) is 0 Å². The third-order valence-electron chi connectivity index (χ3n) is 15.2. The van der Waals surface area contributed by atoms with Crippen molar-refractivity contribution in [2.45, 2.75) is 23.7 Å². The van der Waals surface area contributed by atoms with Crippen LogP contribution in [0, 0.1) is 0 Å². The third-order valence-corrected chi connectivity index (χ3v) is 15.2. The molecule has 2 fully saturated rings. The number of alkyl halides is 6. The Labute approximate surface area is 365 Å². The van der Waals surface area contributed by atoms with Gasteiger partial charge in [0.05, 0.1) is 26.4 Å². The second-order valence-electron chi connectivity index (χ2n) is 17.6. The number of rotatable bonds is 6. The maximum absolute atomic E-state index is 17.0. The second kappa shape index (κ2) is 13.7. The molecule has 0 saturated carbocycles. The minimum atomic E-state index is -4.79. The molecule has 4 nitrogen and oxygen atoms in total. The smallest absolute Gasteiger partial charge is 0.370 e. The van der Waals surface area contributed by atoms with Crippen LogP contribution < -0.4 is 0 Å². The average Bonchev–Trinajstić information content (AvgIpc) is 4.09. The number of hydrogen-bond acceptors (Lipinski definition) is 2. The van der Waals surface area contributed by atoms with Crippen molar-refractivity contribution in [2.75, 3.05) is 52.6 Å². The highest BCUT2D eigenvalue weighted by Gasteiger charge is 2.74. The summed E-state index contributed by atoms with van der Waals surface area (Å²) in [5.74, 6) is 0. The van der Waals surface area contributed by atoms with Crippen molar-refractivity contribution in [3.63, 3.8) is 0 Å². The van der Waals surface area contributed by atoms with Crippen LogP contribution in [0.1, 0.15) is 11.1 Å². The molecule has 6 aliphatic rings. The van der Waals surface area contributed by atoms with E-state index >= 15 is 26.3 Å². The normalized spacial score (nSPS) is 21.4. The Kier molecular flexibility index (Phi) is 8.49. The van der Waals surface area contributed by atoms with Crippen LogP contribution in [0.25, 0.3) is 54.6 Å². The van der Waals surface area contributed by atoms with Crippen LogP contribution in [-0.4, -0.2) is 74.2 Å². The lowest BCUT2D eigenvalue weighted by Crippen LogP contribution is -2.73. The van der Waals surface area contributed by atoms with Gasteiger partial charge in [-0.1, -0.05) is 158 Å². The summed E-state index contributed by atoms with van der Waals surface area (Å²) in [5, 5.41) is 3.54. The van der Waals surface area contributed by atoms with E-state index in [1.807, 2.05) is 158 Å². The van der Waals surface area contributed by atoms with Gasteiger partial charge in [0, 0.05) is 44.2 Å². The van der Waals surface area contributed by atoms with Gasteiger partial charge in [0.2, 0.25) is 0 Å². The van der Waals surface area contributed by atoms with Gasteiger partial charge in [-0.3, -0.25) is 0 Å². The maximum atomic E-state index is 17.0. The van der Waals surface area contributed by atoms with Gasteiger partial charge < -0.3 is 9.47 Å². The summed E-state index contributed by atoms with van der Waals surface area (Å²) in [6.45, 7) is -1.93. The molecule has 0 N–H and O–H groups in total. The first-order chi connectivity index (χ1) is 31.0. The van der Waals surface area contributed by atoms with Gasteiger partial charge in [-0.05, 0) is 43.8 Å². The number of hydrogen-bond donors (Lipinski definition) is 0. The summed E-state index contributed by atoms with van der Waals surface area (Å²) >= 11 is 0. The number of benzene rings is 6. The van der Waals surface area contributed by atoms with Gasteiger partial charge in [-0.2, -0.15) is 0 Å². The predicted octanol–water partition coefficient (Wildman–Crippen LogP) is 12.5. The molecule has 64 heavy (non-hydrogen) atoms. The summed E-state index contributed by atoms with van der Waals surface area (Å²) in [6.07, 6.45) is 4.88. The monoisotopic (exact) mass is 864 g/mol. The lowest BCUT2D eigenvalue weighted by atomic mass is 9.67. The van der Waals surface area contributed by atoms with Crippen molar-refractivity contribution < 1.29 is 44.8 Å². The quantitative estimate of drug-likeness (QED) is 0.0719. The molecule has 6 aromatic carbocycles. The summed E-state index contributed by atoms with van der Waals surface area (Å²) < 4.78 is 111. The molecular formula is C54H42F6N2O2+2. The van der Waals surface area contributed by atoms with Crippen LogP contribution in [0.4, 0.5) is 26.3 Å². The topological polar surface area (TPSA) is 18.5 Å². The van der Waals surface area contributed by atoms with Crippen molar-refractivity contribution in [1.82, 2.24) is 0 Å². The van der Waals surface area contributed by atoms with E-state index in [4.69, 9.17) is 9.47 Å². The Morgan fingerprint density at radius 1 is 0.391 bits per heavy atom. The van der Waals surface area contributed by atoms with Crippen LogP contribution in [0.15, 0.2) is 180 Å². The van der Waals surface area contributed by atoms with E-state index in [9.17, 15) is 0 Å². The molecule has 0 unspecified atom stereocenters. The Bertz CT molecular complexity index is 2890. The Morgan fingerprint density at radius 2 is 0.688 bits per heavy atom. The molecule has 2 aliphatic heterocycles. The number of morpholine rings is 2. The van der Waals surface area contributed by atoms with Crippen molar-refractivity contribution in [2.24, 2.45) is 0 Å². The number of nitrogens with zero attached hydrogens (tertiary/aromatic N) is 2. The molecular weight excluding hydrogens is 823 g/mol. The molecule has 0 spiro atoms. The second-order valence-corrected chi connectivity index (χ2v) is 17.6. The molecule has 4 bridgehead atoms. The number of fused-ring (bicyclic) bond motifs is 7. The highest BCUT2D eigenvalue weighted by molar-refractivity contribution is 6.27. The molecule has 0 aromatic heterocycles. The third kappa shape index (κ3) is 4.78. The van der Waals surface area contributed by atoms with E-state index in [1.165, 1.54) is 0 Å². The largest absolute Gasteiger partial charge is 0.562 e. The summed E-state index contributed by atoms with van der Waals surface area (Å²) in [6, 6.07) is 34.5. The van der Waals surface area contributed by atoms with Crippen LogP contribution in [0.2, 0.25) is 0 Å². The number of halogens is 6. The lowest BCUT2D eigenvalue weighted by molar-refractivity contribution is -1.07. The fraction of sp³-hybridized carbons (Fsp3) is 0.222. The van der Waals surface area contributed by atoms with E-state index in [2.05, 4.69) is 0 Å². The zero-order valence-corrected chi connectivity index (χ0v) is 34.6. The zero-order chi connectivity index (χ0) is 43.7. The first kappa shape index (κ1) is 39.5. The zero-order valence-electron chi connectivity index (χ0n) is 34.6. The molecule has 2 heterocycles. The Hall–Kier alpha value is -6.04. The standard InChI is InChI=1S/C54H42F6N2O2/c55-53(56,57)61(27-31-63-32-28-61)51(37-19-20-38(51)22-21-37)49-44-18-10-8-16-42(44)46(36-13-5-2-6-14-36)48-47(49)45(35-11-3-1-4-12-35)41-15-7-9-17-43(41)50(48)52(39-23-24-40(52)26-25-39)62(54(58,59)60)29-33-64-34-30-62/h1-26H,27-34H2/q+2. The van der Waals surface area contributed by atoms with Gasteiger partial charge >= 0.3 is 12.6 Å². The SMILES string of the molecule is FC(F)(F)[N+]1(C2(c3c4ccccc4c(-c4ccccc4)c4c(C5([N+]6(C(F)(F)F)CCOCC6)C6=CC=C5C=C6)c5ccccc5c(-c5ccccc5)c34)C3=CC=C2C=C3)CCOCC1. The van der Waals surface area contributed by atoms with Crippen LogP contribution in [0.5, 0.6) is 0 Å². The molecule has 0 radical (unpaired) electrons. The van der Waals surface area contributed by atoms with Gasteiger partial charge in [-0.15, -0.1) is 26.3 Å². The minimum Gasteiger partial charge on any atom is -0.370 e. The van der Waals surface area contributed by atoms with E-state index in [-0.39, 0.29) is 52.6 Å². The van der Waals surface area contributed by atoms with Crippen molar-refractivity contribution >= 4 is 32.3 Å². The summed E-state index contributed by atoms with van der Waals surface area (Å²) in [4.78, 5) is 0. The number of quaternary nitrogens is 2. The molecule has 4 aliphatic carbocycles. The molecule has 6 aromatic rings. The lowest BCUT2D eigenvalue weighted by Gasteiger charge is -2.55. The van der Waals surface area contributed by atoms with Crippen molar-refractivity contribution in [3.8, 4) is 22.3 Å². The highest BCUT2D eigenvalue weighted by Crippen LogP contribution is 2.67. The molecule has 10 heteroatoms. The van der Waals surface area contributed by atoms with Crippen molar-refractivity contribution in [3.05, 3.63) is 191 Å². The van der Waals surface area contributed by atoms with E-state index in [1.54, 1.807) is 0 Å². The van der Waals surface area contributed by atoms with Crippen molar-refractivity contribution in [1.29, 1.82) is 0 Å². The van der Waals surface area contributed by atoms with Crippen LogP contribution in [-0.2, 0) is 20.6 Å². The number of allylic oxidation sites excluding steroid dienone is 4. The first-order valence-corrected chi connectivity index (χ1v) is 21.8. The Morgan fingerprint density at radius 3 is 0.984 bits per heavy atom. The van der Waals surface area contributed by atoms with E-state index in [0.29, 0.717) is 76.9 Å². The van der Waals surface area contributed by atoms with Crippen LogP contribution >= 0.6 is 0 Å². The summed E-state index contributed by atoms with van der Waals surface area (Å²) in [7, 11) is 0. The highest BCUT2D eigenvalue weighted by atomic mass is 19.4. The fourth-order valence-corrected chi connectivity index (χ4v) is 12.8. The van der Waals surface area contributed by atoms with Gasteiger partial charge in [-0.25, -0.2) is 8.97 Å². The van der Waals surface area contributed by atoms with E-state index < -0.39 is 32.6 Å². The molecule has 0 atom stereocenters. The maximum Gasteiger partial charge on any atom is 0.562 e.